The topological polar surface area (TPSA) is 173 Å². The Balaban J connectivity index is 1.04. The molecule has 0 spiro atoms. The fourth-order valence-electron chi connectivity index (χ4n) is 6.47. The van der Waals surface area contributed by atoms with E-state index in [9.17, 15) is 24.8 Å². The highest BCUT2D eigenvalue weighted by molar-refractivity contribution is 5.94. The first-order valence-electron chi connectivity index (χ1n) is 17.5. The van der Waals surface area contributed by atoms with E-state index in [1.807, 2.05) is 48.5 Å². The predicted molar refractivity (Wildman–Crippen MR) is 199 cm³/mol. The first kappa shape index (κ1) is 36.5. The van der Waals surface area contributed by atoms with Crippen molar-refractivity contribution in [2.45, 2.75) is 50.8 Å². The van der Waals surface area contributed by atoms with Crippen molar-refractivity contribution in [2.24, 2.45) is 0 Å². The molecule has 3 unspecified atom stereocenters. The Hall–Kier alpha value is -5.34. The summed E-state index contributed by atoms with van der Waals surface area (Å²) < 4.78 is 13.1. The number of para-hydroxylation sites is 2. The lowest BCUT2D eigenvalue weighted by Gasteiger charge is -2.41. The summed E-state index contributed by atoms with van der Waals surface area (Å²) in [6, 6.07) is 28.9. The van der Waals surface area contributed by atoms with Gasteiger partial charge in [0.25, 0.3) is 5.69 Å². The van der Waals surface area contributed by atoms with Gasteiger partial charge in [-0.05, 0) is 53.9 Å². The third-order valence-corrected chi connectivity index (χ3v) is 9.38. The zero-order valence-corrected chi connectivity index (χ0v) is 28.9. The number of rotatable bonds is 13. The van der Waals surface area contributed by atoms with Crippen molar-refractivity contribution in [1.82, 2.24) is 4.90 Å². The standard InChI is InChI=1S/C39H44N6O7/c40-34-4-1-2-5-35(34)42-38(48)7-3-6-37(47)41-30-14-12-29(13-15-30)39-51-33(24-36(52-39)28-10-8-27(26-46)9-11-28)25-43-20-22-44(23-21-43)31-16-18-32(19-17-31)45(49)50/h1-2,4-5,8-19,33,36,39,46H,3,6-7,20-26,40H2,(H,41,47)(H,42,48). The average Bonchev–Trinajstić information content (AvgIpc) is 3.16. The van der Waals surface area contributed by atoms with Crippen LogP contribution in [0.3, 0.4) is 0 Å². The number of nitrogen functional groups attached to an aromatic ring is 1. The first-order valence-corrected chi connectivity index (χ1v) is 17.5. The molecule has 0 aromatic heterocycles. The lowest BCUT2D eigenvalue weighted by atomic mass is 9.99. The van der Waals surface area contributed by atoms with Gasteiger partial charge in [0, 0.05) is 81.1 Å². The number of hydrogen-bond acceptors (Lipinski definition) is 10. The fraction of sp³-hybridized carbons (Fsp3) is 0.333. The molecule has 3 atom stereocenters. The van der Waals surface area contributed by atoms with Crippen LogP contribution < -0.4 is 21.3 Å². The van der Waals surface area contributed by atoms with E-state index in [1.165, 1.54) is 0 Å². The number of benzene rings is 4. The molecule has 2 amide bonds. The van der Waals surface area contributed by atoms with E-state index in [2.05, 4.69) is 20.4 Å². The second-order valence-electron chi connectivity index (χ2n) is 13.1. The van der Waals surface area contributed by atoms with Crippen LogP contribution in [0.15, 0.2) is 97.1 Å². The highest BCUT2D eigenvalue weighted by Crippen LogP contribution is 2.38. The van der Waals surface area contributed by atoms with Gasteiger partial charge in [-0.15, -0.1) is 0 Å². The summed E-state index contributed by atoms with van der Waals surface area (Å²) in [5, 5.41) is 26.3. The van der Waals surface area contributed by atoms with Crippen molar-refractivity contribution in [2.75, 3.05) is 54.0 Å². The lowest BCUT2D eigenvalue weighted by Crippen LogP contribution is -2.49. The molecule has 0 bridgehead atoms. The van der Waals surface area contributed by atoms with Crippen molar-refractivity contribution in [3.63, 3.8) is 0 Å². The smallest absolute Gasteiger partial charge is 0.269 e. The summed E-state index contributed by atoms with van der Waals surface area (Å²) in [5.41, 5.74) is 11.3. The van der Waals surface area contributed by atoms with Crippen LogP contribution in [0.25, 0.3) is 0 Å². The number of anilines is 4. The molecule has 5 N–H and O–H groups in total. The lowest BCUT2D eigenvalue weighted by molar-refractivity contribution is -0.384. The predicted octanol–water partition coefficient (Wildman–Crippen LogP) is 5.78. The Bertz CT molecular complexity index is 1810. The van der Waals surface area contributed by atoms with Crippen molar-refractivity contribution in [3.05, 3.63) is 124 Å². The molecule has 4 aromatic rings. The second kappa shape index (κ2) is 17.2. The Morgan fingerprint density at radius 1 is 0.827 bits per heavy atom. The molecule has 0 saturated carbocycles. The third-order valence-electron chi connectivity index (χ3n) is 9.38. The molecule has 2 saturated heterocycles. The van der Waals surface area contributed by atoms with Crippen LogP contribution in [-0.2, 0) is 25.7 Å². The van der Waals surface area contributed by atoms with Crippen LogP contribution in [0.5, 0.6) is 0 Å². The number of piperazine rings is 1. The van der Waals surface area contributed by atoms with E-state index >= 15 is 0 Å². The number of aliphatic hydroxyl groups excluding tert-OH is 1. The van der Waals surface area contributed by atoms with Crippen LogP contribution in [-0.4, -0.2) is 65.6 Å². The maximum Gasteiger partial charge on any atom is 0.269 e. The van der Waals surface area contributed by atoms with Gasteiger partial charge in [-0.1, -0.05) is 48.5 Å². The number of amides is 2. The van der Waals surface area contributed by atoms with Crippen LogP contribution >= 0.6 is 0 Å². The zero-order valence-electron chi connectivity index (χ0n) is 28.9. The molecule has 2 heterocycles. The normalized spacial score (nSPS) is 19.2. The van der Waals surface area contributed by atoms with Crippen LogP contribution in [0.4, 0.5) is 28.4 Å². The van der Waals surface area contributed by atoms with Gasteiger partial charge in [-0.25, -0.2) is 0 Å². The first-order chi connectivity index (χ1) is 25.2. The quantitative estimate of drug-likeness (QED) is 0.0757. The molecule has 6 rings (SSSR count). The number of carbonyl (C=O) groups excluding carboxylic acids is 2. The van der Waals surface area contributed by atoms with Gasteiger partial charge in [0.15, 0.2) is 6.29 Å². The molecule has 2 aliphatic heterocycles. The summed E-state index contributed by atoms with van der Waals surface area (Å²) in [6.07, 6.45) is 0.439. The second-order valence-corrected chi connectivity index (χ2v) is 13.1. The molecule has 2 aliphatic rings. The maximum absolute atomic E-state index is 12.6. The van der Waals surface area contributed by atoms with E-state index < -0.39 is 6.29 Å². The van der Waals surface area contributed by atoms with Gasteiger partial charge in [0.05, 0.1) is 35.1 Å². The zero-order chi connectivity index (χ0) is 36.5. The fourth-order valence-corrected chi connectivity index (χ4v) is 6.47. The summed E-state index contributed by atoms with van der Waals surface area (Å²) in [7, 11) is 0. The van der Waals surface area contributed by atoms with E-state index in [1.54, 1.807) is 48.5 Å². The number of nitrogens with zero attached hydrogens (tertiary/aromatic N) is 3. The third kappa shape index (κ3) is 9.70. The Morgan fingerprint density at radius 3 is 2.13 bits per heavy atom. The highest BCUT2D eigenvalue weighted by atomic mass is 16.7. The number of aliphatic hydroxyl groups is 1. The summed E-state index contributed by atoms with van der Waals surface area (Å²) in [4.78, 5) is 40.2. The van der Waals surface area contributed by atoms with Crippen LogP contribution in [0, 0.1) is 10.1 Å². The van der Waals surface area contributed by atoms with E-state index in [4.69, 9.17) is 15.2 Å². The van der Waals surface area contributed by atoms with Crippen molar-refractivity contribution in [3.8, 4) is 0 Å². The van der Waals surface area contributed by atoms with Crippen LogP contribution in [0.1, 0.15) is 54.8 Å². The number of non-ortho nitro benzene ring substituents is 1. The monoisotopic (exact) mass is 708 g/mol. The molecule has 0 aliphatic carbocycles. The average molecular weight is 709 g/mol. The number of nitro benzene ring substituents is 1. The Morgan fingerprint density at radius 2 is 1.48 bits per heavy atom. The SMILES string of the molecule is Nc1ccccc1NC(=O)CCCC(=O)Nc1ccc(C2OC(CN3CCN(c4ccc([N+](=O)[O-])cc4)CC3)CC(c3ccc(CO)cc3)O2)cc1. The van der Waals surface area contributed by atoms with Gasteiger partial charge >= 0.3 is 0 Å². The molecule has 2 fully saturated rings. The molecular weight excluding hydrogens is 664 g/mol. The number of nitro groups is 1. The number of ether oxygens (including phenoxy) is 2. The molecule has 0 radical (unpaired) electrons. The van der Waals surface area contributed by atoms with Gasteiger partial charge < -0.3 is 35.8 Å². The largest absolute Gasteiger partial charge is 0.397 e. The minimum absolute atomic E-state index is 0.0337. The molecule has 13 nitrogen and oxygen atoms in total. The van der Waals surface area contributed by atoms with Gasteiger partial charge in [-0.2, -0.15) is 0 Å². The van der Waals surface area contributed by atoms with Gasteiger partial charge in [0.2, 0.25) is 11.8 Å². The summed E-state index contributed by atoms with van der Waals surface area (Å²) >= 11 is 0. The maximum atomic E-state index is 12.6. The number of nitrogens with one attached hydrogen (secondary N) is 2. The molecular formula is C39H44N6O7. The molecule has 13 heteroatoms. The number of nitrogens with two attached hydrogens (primary N) is 1. The number of carbonyl (C=O) groups is 2. The Kier molecular flexibility index (Phi) is 12.1. The molecule has 52 heavy (non-hydrogen) atoms. The molecule has 4 aromatic carbocycles. The van der Waals surface area contributed by atoms with E-state index in [-0.39, 0.29) is 54.1 Å². The summed E-state index contributed by atoms with van der Waals surface area (Å²) in [5.74, 6) is -0.391. The minimum atomic E-state index is -0.635. The number of hydrogen-bond donors (Lipinski definition) is 4. The minimum Gasteiger partial charge on any atom is -0.397 e. The van der Waals surface area contributed by atoms with Crippen LogP contribution in [0.2, 0.25) is 0 Å². The van der Waals surface area contributed by atoms with E-state index in [0.29, 0.717) is 36.4 Å². The van der Waals surface area contributed by atoms with Gasteiger partial charge in [0.1, 0.15) is 0 Å². The van der Waals surface area contributed by atoms with Crippen molar-refractivity contribution < 1.29 is 29.1 Å². The molecule has 272 valence electrons. The van der Waals surface area contributed by atoms with E-state index in [0.717, 1.165) is 48.6 Å². The Labute approximate surface area is 302 Å². The van der Waals surface area contributed by atoms with Crippen molar-refractivity contribution >= 4 is 40.3 Å². The highest BCUT2D eigenvalue weighted by Gasteiger charge is 2.34. The van der Waals surface area contributed by atoms with Crippen molar-refractivity contribution in [1.29, 1.82) is 0 Å². The summed E-state index contributed by atoms with van der Waals surface area (Å²) in [6.45, 7) is 3.90. The van der Waals surface area contributed by atoms with Gasteiger partial charge in [-0.3, -0.25) is 24.6 Å².